The molecule has 0 bridgehead atoms. The number of pyridine rings is 1. The van der Waals surface area contributed by atoms with Crippen LogP contribution in [0.2, 0.25) is 5.15 Å². The molecule has 17 heavy (non-hydrogen) atoms. The second-order valence-electron chi connectivity index (χ2n) is 3.25. The quantitative estimate of drug-likeness (QED) is 0.753. The van der Waals surface area contributed by atoms with Crippen LogP contribution in [0.1, 0.15) is 17.0 Å². The van der Waals surface area contributed by atoms with Gasteiger partial charge in [-0.2, -0.15) is 10.5 Å². The van der Waals surface area contributed by atoms with E-state index >= 15 is 0 Å². The Kier molecular flexibility index (Phi) is 3.04. The maximum absolute atomic E-state index is 8.96. The number of hydrogen-bond donors (Lipinski definition) is 0. The summed E-state index contributed by atoms with van der Waals surface area (Å²) in [5.41, 5.74) is 1.12. The van der Waals surface area contributed by atoms with Gasteiger partial charge in [-0.1, -0.05) is 17.7 Å². The minimum absolute atomic E-state index is 0.118. The van der Waals surface area contributed by atoms with Crippen molar-refractivity contribution in [3.8, 4) is 12.1 Å². The molecule has 0 spiro atoms. The van der Waals surface area contributed by atoms with Crippen LogP contribution in [0.15, 0.2) is 24.7 Å². The van der Waals surface area contributed by atoms with Crippen LogP contribution in [-0.4, -0.2) is 14.5 Å². The van der Waals surface area contributed by atoms with E-state index in [-0.39, 0.29) is 11.4 Å². The molecule has 2 heterocycles. The predicted octanol–water partition coefficient (Wildman–Crippen LogP) is 1.72. The van der Waals surface area contributed by atoms with E-state index < -0.39 is 0 Å². The molecular weight excluding hydrogens is 238 g/mol. The van der Waals surface area contributed by atoms with Gasteiger partial charge in [0.05, 0.1) is 12.9 Å². The molecule has 0 aliphatic carbocycles. The van der Waals surface area contributed by atoms with Gasteiger partial charge in [0.1, 0.15) is 17.3 Å². The predicted molar refractivity (Wildman–Crippen MR) is 60.0 cm³/mol. The summed E-state index contributed by atoms with van der Waals surface area (Å²) in [5.74, 6) is 0. The molecule has 0 N–H and O–H groups in total. The van der Waals surface area contributed by atoms with Gasteiger partial charge in [-0.15, -0.1) is 0 Å². The van der Waals surface area contributed by atoms with Gasteiger partial charge in [-0.25, -0.2) is 9.97 Å². The zero-order valence-electron chi connectivity index (χ0n) is 8.63. The van der Waals surface area contributed by atoms with E-state index in [0.717, 1.165) is 5.56 Å². The van der Waals surface area contributed by atoms with Crippen molar-refractivity contribution in [2.75, 3.05) is 0 Å². The zero-order valence-corrected chi connectivity index (χ0v) is 9.39. The lowest BCUT2D eigenvalue weighted by molar-refractivity contribution is 0.782. The summed E-state index contributed by atoms with van der Waals surface area (Å²) < 4.78 is 1.57. The topological polar surface area (TPSA) is 78.3 Å². The third-order valence-electron chi connectivity index (χ3n) is 2.23. The third-order valence-corrected chi connectivity index (χ3v) is 2.57. The molecule has 0 aromatic carbocycles. The van der Waals surface area contributed by atoms with Gasteiger partial charge in [0.2, 0.25) is 0 Å². The van der Waals surface area contributed by atoms with Crippen LogP contribution in [0.3, 0.4) is 0 Å². The fourth-order valence-corrected chi connectivity index (χ4v) is 1.60. The van der Waals surface area contributed by atoms with Gasteiger partial charge >= 0.3 is 0 Å². The van der Waals surface area contributed by atoms with E-state index in [4.69, 9.17) is 22.1 Å². The van der Waals surface area contributed by atoms with Crippen molar-refractivity contribution in [3.05, 3.63) is 46.8 Å². The molecule has 0 radical (unpaired) electrons. The molecule has 0 unspecified atom stereocenters. The number of hydrogen-bond acceptors (Lipinski definition) is 4. The Bertz CT molecular complexity index is 632. The van der Waals surface area contributed by atoms with Gasteiger partial charge in [-0.3, -0.25) is 0 Å². The molecule has 2 aromatic heterocycles. The molecular formula is C11H6ClN5. The maximum atomic E-state index is 8.96. The first kappa shape index (κ1) is 11.1. The zero-order chi connectivity index (χ0) is 12.3. The van der Waals surface area contributed by atoms with Gasteiger partial charge in [0, 0.05) is 11.8 Å². The molecule has 0 aliphatic heterocycles. The summed E-state index contributed by atoms with van der Waals surface area (Å²) in [6, 6.07) is 7.38. The minimum atomic E-state index is 0.118. The average Bonchev–Trinajstić information content (AvgIpc) is 2.74. The van der Waals surface area contributed by atoms with E-state index in [1.165, 1.54) is 6.33 Å². The van der Waals surface area contributed by atoms with Crippen LogP contribution in [0.5, 0.6) is 0 Å². The van der Waals surface area contributed by atoms with Crippen molar-refractivity contribution < 1.29 is 0 Å². The molecule has 6 heteroatoms. The number of rotatable bonds is 2. The Morgan fingerprint density at radius 3 is 2.76 bits per heavy atom. The first-order valence-electron chi connectivity index (χ1n) is 4.71. The molecule has 5 nitrogen and oxygen atoms in total. The summed E-state index contributed by atoms with van der Waals surface area (Å²) in [5, 5.41) is 18.1. The fourth-order valence-electron chi connectivity index (χ4n) is 1.42. The Morgan fingerprint density at radius 1 is 1.29 bits per heavy atom. The molecule has 0 aliphatic rings. The van der Waals surface area contributed by atoms with Crippen LogP contribution in [0, 0.1) is 22.7 Å². The molecule has 82 valence electrons. The second-order valence-corrected chi connectivity index (χ2v) is 3.60. The van der Waals surface area contributed by atoms with E-state index in [1.54, 1.807) is 16.8 Å². The van der Waals surface area contributed by atoms with Gasteiger partial charge in [0.15, 0.2) is 11.4 Å². The van der Waals surface area contributed by atoms with Crippen LogP contribution in [0.25, 0.3) is 0 Å². The van der Waals surface area contributed by atoms with Crippen molar-refractivity contribution in [2.24, 2.45) is 0 Å². The largest absolute Gasteiger partial charge is 0.317 e. The van der Waals surface area contributed by atoms with Crippen LogP contribution in [0.4, 0.5) is 0 Å². The molecule has 2 aromatic rings. The number of halogens is 1. The van der Waals surface area contributed by atoms with E-state index in [9.17, 15) is 0 Å². The van der Waals surface area contributed by atoms with Crippen molar-refractivity contribution in [3.63, 3.8) is 0 Å². The minimum Gasteiger partial charge on any atom is -0.317 e. The lowest BCUT2D eigenvalue weighted by Gasteiger charge is -2.04. The summed E-state index contributed by atoms with van der Waals surface area (Å²) in [6.45, 7) is 0.365. The summed E-state index contributed by atoms with van der Waals surface area (Å²) in [4.78, 5) is 7.79. The Morgan fingerprint density at radius 2 is 2.12 bits per heavy atom. The number of imidazole rings is 1. The normalized spacial score (nSPS) is 9.59. The molecule has 0 saturated heterocycles. The Hall–Kier alpha value is -2.37. The fraction of sp³-hybridized carbons (Fsp3) is 0.0909. The van der Waals surface area contributed by atoms with Crippen LogP contribution >= 0.6 is 11.6 Å². The maximum Gasteiger partial charge on any atom is 0.176 e. The lowest BCUT2D eigenvalue weighted by atomic mass is 10.2. The monoisotopic (exact) mass is 243 g/mol. The van der Waals surface area contributed by atoms with Crippen molar-refractivity contribution in [1.29, 1.82) is 10.5 Å². The van der Waals surface area contributed by atoms with Crippen molar-refractivity contribution in [2.45, 2.75) is 6.54 Å². The van der Waals surface area contributed by atoms with Crippen molar-refractivity contribution in [1.82, 2.24) is 14.5 Å². The van der Waals surface area contributed by atoms with E-state index in [2.05, 4.69) is 9.97 Å². The summed E-state index contributed by atoms with van der Waals surface area (Å²) >= 11 is 5.92. The second kappa shape index (κ2) is 4.65. The molecule has 0 amide bonds. The van der Waals surface area contributed by atoms with Crippen LogP contribution in [-0.2, 0) is 6.54 Å². The third kappa shape index (κ3) is 2.10. The highest BCUT2D eigenvalue weighted by molar-refractivity contribution is 6.30. The van der Waals surface area contributed by atoms with Gasteiger partial charge < -0.3 is 4.57 Å². The highest BCUT2D eigenvalue weighted by Gasteiger charge is 2.11. The summed E-state index contributed by atoms with van der Waals surface area (Å²) in [6.07, 6.45) is 3.03. The first-order valence-corrected chi connectivity index (χ1v) is 5.08. The Labute approximate surface area is 103 Å². The number of aromatic nitrogens is 3. The smallest absolute Gasteiger partial charge is 0.176 e. The molecule has 0 saturated carbocycles. The van der Waals surface area contributed by atoms with E-state index in [0.29, 0.717) is 11.7 Å². The molecule has 2 rings (SSSR count). The number of nitrogens with zero attached hydrogens (tertiary/aromatic N) is 5. The average molecular weight is 244 g/mol. The van der Waals surface area contributed by atoms with Crippen molar-refractivity contribution >= 4 is 11.6 Å². The number of nitriles is 2. The van der Waals surface area contributed by atoms with Gasteiger partial charge in [-0.05, 0) is 6.07 Å². The van der Waals surface area contributed by atoms with Gasteiger partial charge in [0.25, 0.3) is 0 Å². The highest BCUT2D eigenvalue weighted by Crippen LogP contribution is 2.15. The van der Waals surface area contributed by atoms with Crippen LogP contribution < -0.4 is 0 Å². The standard InChI is InChI=1S/C11H6ClN5/c12-11-8(2-1-3-15-11)6-17-7-16-9(4-13)10(17)5-14/h1-3,7H,6H2. The molecule has 0 fully saturated rings. The molecule has 0 atom stereocenters. The Balaban J connectivity index is 2.39. The highest BCUT2D eigenvalue weighted by atomic mass is 35.5. The lowest BCUT2D eigenvalue weighted by Crippen LogP contribution is -2.02. The SMILES string of the molecule is N#Cc1ncn(Cc2cccnc2Cl)c1C#N. The first-order chi connectivity index (χ1) is 8.26. The summed E-state index contributed by atoms with van der Waals surface area (Å²) in [7, 11) is 0. The van der Waals surface area contributed by atoms with E-state index in [1.807, 2.05) is 18.2 Å².